The molecule has 0 bridgehead atoms. The highest BCUT2D eigenvalue weighted by Gasteiger charge is 2.51. The molecule has 1 heterocycles. The second-order valence-electron chi connectivity index (χ2n) is 6.96. The van der Waals surface area contributed by atoms with Gasteiger partial charge in [0.2, 0.25) is 17.7 Å². The standard InChI is InChI=1S/C18H26N2O4/c1-4-12(21)10-19-16(22)15(9-11(2)3)20-17(23)13-7-5-6-8-14(13)18(20)24/h5-6,11,13-15H,4,7-10H2,1-3H3,(H,19,22). The summed E-state index contributed by atoms with van der Waals surface area (Å²) in [6.07, 6.45) is 5.69. The van der Waals surface area contributed by atoms with E-state index in [4.69, 9.17) is 0 Å². The van der Waals surface area contributed by atoms with Crippen molar-refractivity contribution in [2.75, 3.05) is 6.54 Å². The molecule has 0 radical (unpaired) electrons. The van der Waals surface area contributed by atoms with E-state index in [0.29, 0.717) is 25.7 Å². The monoisotopic (exact) mass is 334 g/mol. The molecule has 1 fully saturated rings. The van der Waals surface area contributed by atoms with Crippen molar-refractivity contribution in [1.29, 1.82) is 0 Å². The van der Waals surface area contributed by atoms with Crippen molar-refractivity contribution in [1.82, 2.24) is 10.2 Å². The van der Waals surface area contributed by atoms with E-state index in [1.54, 1.807) is 6.92 Å². The van der Waals surface area contributed by atoms with Gasteiger partial charge in [-0.1, -0.05) is 32.9 Å². The van der Waals surface area contributed by atoms with Gasteiger partial charge in [-0.05, 0) is 25.2 Å². The first-order valence-corrected chi connectivity index (χ1v) is 8.68. The van der Waals surface area contributed by atoms with Crippen molar-refractivity contribution in [3.05, 3.63) is 12.2 Å². The summed E-state index contributed by atoms with van der Waals surface area (Å²) in [4.78, 5) is 50.6. The minimum atomic E-state index is -0.833. The smallest absolute Gasteiger partial charge is 0.243 e. The number of carbonyl (C=O) groups is 4. The van der Waals surface area contributed by atoms with E-state index in [1.807, 2.05) is 26.0 Å². The minimum absolute atomic E-state index is 0.0610. The summed E-state index contributed by atoms with van der Waals surface area (Å²) in [6, 6.07) is -0.833. The lowest BCUT2D eigenvalue weighted by Gasteiger charge is -2.27. The Bertz CT molecular complexity index is 541. The Kier molecular flexibility index (Phi) is 5.91. The molecule has 0 aromatic carbocycles. The van der Waals surface area contributed by atoms with E-state index in [9.17, 15) is 19.2 Å². The van der Waals surface area contributed by atoms with E-state index < -0.39 is 11.9 Å². The molecule has 2 aliphatic rings. The third kappa shape index (κ3) is 3.74. The van der Waals surface area contributed by atoms with Gasteiger partial charge in [0.1, 0.15) is 6.04 Å². The summed E-state index contributed by atoms with van der Waals surface area (Å²) in [5, 5.41) is 2.59. The normalized spacial score (nSPS) is 24.2. The summed E-state index contributed by atoms with van der Waals surface area (Å²) < 4.78 is 0. The molecule has 3 atom stereocenters. The SMILES string of the molecule is CCC(=O)CNC(=O)C(CC(C)C)N1C(=O)C2CC=CCC2C1=O. The highest BCUT2D eigenvalue weighted by Crippen LogP contribution is 2.37. The molecule has 0 aromatic rings. The lowest BCUT2D eigenvalue weighted by Crippen LogP contribution is -2.51. The van der Waals surface area contributed by atoms with Gasteiger partial charge in [0.15, 0.2) is 5.78 Å². The van der Waals surface area contributed by atoms with Crippen molar-refractivity contribution in [3.63, 3.8) is 0 Å². The number of nitrogens with one attached hydrogen (secondary N) is 1. The number of likely N-dealkylation sites (tertiary alicyclic amines) is 1. The lowest BCUT2D eigenvalue weighted by molar-refractivity contribution is -0.148. The maximum absolute atomic E-state index is 12.7. The highest BCUT2D eigenvalue weighted by atomic mass is 16.2. The number of hydrogen-bond donors (Lipinski definition) is 1. The van der Waals surface area contributed by atoms with E-state index in [0.717, 1.165) is 4.90 Å². The summed E-state index contributed by atoms with van der Waals surface area (Å²) >= 11 is 0. The molecule has 2 rings (SSSR count). The van der Waals surface area contributed by atoms with Gasteiger partial charge >= 0.3 is 0 Å². The van der Waals surface area contributed by atoms with Crippen LogP contribution in [-0.4, -0.2) is 41.0 Å². The number of imide groups is 1. The topological polar surface area (TPSA) is 83.6 Å². The summed E-state index contributed by atoms with van der Waals surface area (Å²) in [7, 11) is 0. The van der Waals surface area contributed by atoms with E-state index in [2.05, 4.69) is 5.32 Å². The number of nitrogens with zero attached hydrogens (tertiary/aromatic N) is 1. The predicted octanol–water partition coefficient (Wildman–Crippen LogP) is 1.45. The van der Waals surface area contributed by atoms with Gasteiger partial charge in [-0.15, -0.1) is 0 Å². The number of fused-ring (bicyclic) bond motifs is 1. The van der Waals surface area contributed by atoms with Crippen LogP contribution in [0.5, 0.6) is 0 Å². The molecule has 132 valence electrons. The maximum atomic E-state index is 12.7. The molecule has 3 amide bonds. The van der Waals surface area contributed by atoms with Gasteiger partial charge < -0.3 is 5.32 Å². The fraction of sp³-hybridized carbons (Fsp3) is 0.667. The Morgan fingerprint density at radius 2 is 1.71 bits per heavy atom. The molecule has 1 N–H and O–H groups in total. The minimum Gasteiger partial charge on any atom is -0.347 e. The molecule has 6 heteroatoms. The van der Waals surface area contributed by atoms with Crippen molar-refractivity contribution in [3.8, 4) is 0 Å². The van der Waals surface area contributed by atoms with Crippen LogP contribution in [-0.2, 0) is 19.2 Å². The molecule has 0 saturated carbocycles. The second kappa shape index (κ2) is 7.73. The molecule has 1 aliphatic heterocycles. The maximum Gasteiger partial charge on any atom is 0.243 e. The summed E-state index contributed by atoms with van der Waals surface area (Å²) in [5.41, 5.74) is 0. The average Bonchev–Trinajstić information content (AvgIpc) is 2.81. The van der Waals surface area contributed by atoms with Crippen LogP contribution in [0.15, 0.2) is 12.2 Å². The number of ketones is 1. The summed E-state index contributed by atoms with van der Waals surface area (Å²) in [6.45, 7) is 5.55. The second-order valence-corrected chi connectivity index (χ2v) is 6.96. The van der Waals surface area contributed by atoms with Gasteiger partial charge in [0.25, 0.3) is 0 Å². The van der Waals surface area contributed by atoms with E-state index in [1.165, 1.54) is 0 Å². The predicted molar refractivity (Wildman–Crippen MR) is 88.8 cm³/mol. The fourth-order valence-corrected chi connectivity index (χ4v) is 3.34. The van der Waals surface area contributed by atoms with Crippen LogP contribution in [0.2, 0.25) is 0 Å². The van der Waals surface area contributed by atoms with Crippen molar-refractivity contribution < 1.29 is 19.2 Å². The van der Waals surface area contributed by atoms with Gasteiger partial charge in [0.05, 0.1) is 18.4 Å². The number of rotatable bonds is 7. The fourth-order valence-electron chi connectivity index (χ4n) is 3.34. The zero-order valence-corrected chi connectivity index (χ0v) is 14.6. The van der Waals surface area contributed by atoms with Gasteiger partial charge in [0, 0.05) is 6.42 Å². The lowest BCUT2D eigenvalue weighted by atomic mass is 9.85. The first-order chi connectivity index (χ1) is 11.4. The molecule has 1 aliphatic carbocycles. The molecule has 0 spiro atoms. The van der Waals surface area contributed by atoms with Gasteiger partial charge in [-0.25, -0.2) is 0 Å². The first-order valence-electron chi connectivity index (χ1n) is 8.68. The molecular formula is C18H26N2O4. The van der Waals surface area contributed by atoms with Crippen LogP contribution in [0.1, 0.15) is 46.5 Å². The Morgan fingerprint density at radius 3 is 2.17 bits per heavy atom. The van der Waals surface area contributed by atoms with Crippen LogP contribution in [0, 0.1) is 17.8 Å². The Labute approximate surface area is 142 Å². The average molecular weight is 334 g/mol. The number of Topliss-reactive ketones (excluding diaryl/α,β-unsaturated/α-hetero) is 1. The van der Waals surface area contributed by atoms with Crippen molar-refractivity contribution >= 4 is 23.5 Å². The molecule has 3 unspecified atom stereocenters. The highest BCUT2D eigenvalue weighted by molar-refractivity contribution is 6.08. The van der Waals surface area contributed by atoms with Crippen LogP contribution >= 0.6 is 0 Å². The third-order valence-corrected chi connectivity index (χ3v) is 4.70. The van der Waals surface area contributed by atoms with Crippen LogP contribution in [0.25, 0.3) is 0 Å². The zero-order chi connectivity index (χ0) is 17.9. The van der Waals surface area contributed by atoms with Crippen molar-refractivity contribution in [2.45, 2.75) is 52.5 Å². The van der Waals surface area contributed by atoms with Crippen molar-refractivity contribution in [2.24, 2.45) is 17.8 Å². The largest absolute Gasteiger partial charge is 0.347 e. The van der Waals surface area contributed by atoms with E-state index >= 15 is 0 Å². The molecule has 0 aromatic heterocycles. The van der Waals surface area contributed by atoms with Crippen LogP contribution in [0.4, 0.5) is 0 Å². The quantitative estimate of drug-likeness (QED) is 0.564. The van der Waals surface area contributed by atoms with E-state index in [-0.39, 0.29) is 41.9 Å². The first kappa shape index (κ1) is 18.4. The molecular weight excluding hydrogens is 308 g/mol. The summed E-state index contributed by atoms with van der Waals surface area (Å²) in [5.74, 6) is -1.55. The molecule has 6 nitrogen and oxygen atoms in total. The van der Waals surface area contributed by atoms with Crippen LogP contribution < -0.4 is 5.32 Å². The zero-order valence-electron chi connectivity index (χ0n) is 14.6. The molecule has 24 heavy (non-hydrogen) atoms. The number of allylic oxidation sites excluding steroid dienone is 2. The Morgan fingerprint density at radius 1 is 1.17 bits per heavy atom. The van der Waals surface area contributed by atoms with Crippen LogP contribution in [0.3, 0.4) is 0 Å². The number of hydrogen-bond acceptors (Lipinski definition) is 4. The Balaban J connectivity index is 2.18. The number of carbonyl (C=O) groups excluding carboxylic acids is 4. The van der Waals surface area contributed by atoms with Gasteiger partial charge in [-0.3, -0.25) is 24.1 Å². The molecule has 1 saturated heterocycles. The number of amides is 3. The Hall–Kier alpha value is -1.98. The third-order valence-electron chi connectivity index (χ3n) is 4.70. The van der Waals surface area contributed by atoms with Gasteiger partial charge in [-0.2, -0.15) is 0 Å².